The summed E-state index contributed by atoms with van der Waals surface area (Å²) >= 11 is 0. The van der Waals surface area contributed by atoms with Crippen LogP contribution < -0.4 is 5.48 Å². The van der Waals surface area contributed by atoms with Gasteiger partial charge < -0.3 is 14.2 Å². The number of carbonyl (C=O) groups is 2. The molecule has 0 radical (unpaired) electrons. The molecule has 0 unspecified atom stereocenters. The van der Waals surface area contributed by atoms with Crippen LogP contribution in [0.4, 0.5) is 0 Å². The molecule has 2 aliphatic heterocycles. The summed E-state index contributed by atoms with van der Waals surface area (Å²) in [5, 5.41) is 8.57. The Morgan fingerprint density at radius 3 is 2.55 bits per heavy atom. The van der Waals surface area contributed by atoms with E-state index in [1.54, 1.807) is 11.1 Å². The highest BCUT2D eigenvalue weighted by atomic mass is 16.7. The molecule has 5 fully saturated rings. The smallest absolute Gasteiger partial charge is 0.306 e. The summed E-state index contributed by atoms with van der Waals surface area (Å²) in [5.74, 6) is 3.09. The van der Waals surface area contributed by atoms with Crippen LogP contribution >= 0.6 is 0 Å². The molecular formula is C35H55NO6. The minimum atomic E-state index is -0.351. The van der Waals surface area contributed by atoms with Gasteiger partial charge in [-0.1, -0.05) is 52.2 Å². The lowest BCUT2D eigenvalue weighted by Crippen LogP contribution is -2.52. The Balaban J connectivity index is 1.04. The Labute approximate surface area is 252 Å². The van der Waals surface area contributed by atoms with Gasteiger partial charge in [0.05, 0.1) is 12.7 Å². The molecule has 0 bridgehead atoms. The number of allylic oxidation sites excluding steroid dienone is 1. The lowest BCUT2D eigenvalue weighted by atomic mass is 9.47. The maximum Gasteiger partial charge on any atom is 0.306 e. The average molecular weight is 586 g/mol. The number of fused-ring (bicyclic) bond motifs is 7. The summed E-state index contributed by atoms with van der Waals surface area (Å²) in [6.07, 6.45) is 17.1. The van der Waals surface area contributed by atoms with Crippen molar-refractivity contribution in [3.63, 3.8) is 0 Å². The van der Waals surface area contributed by atoms with Crippen molar-refractivity contribution >= 4 is 11.9 Å². The van der Waals surface area contributed by atoms with Crippen molar-refractivity contribution in [1.82, 2.24) is 5.48 Å². The number of unbranched alkanes of at least 4 members (excludes halogenated alkanes) is 3. The first kappa shape index (κ1) is 30.6. The van der Waals surface area contributed by atoms with Crippen molar-refractivity contribution in [1.29, 1.82) is 0 Å². The molecule has 7 nitrogen and oxygen atoms in total. The number of nitrogens with one attached hydrogen (secondary N) is 1. The van der Waals surface area contributed by atoms with Gasteiger partial charge in [-0.15, -0.1) is 0 Å². The molecule has 7 heteroatoms. The highest BCUT2D eigenvalue weighted by Crippen LogP contribution is 2.70. The minimum absolute atomic E-state index is 0.00460. The summed E-state index contributed by atoms with van der Waals surface area (Å²) in [6.45, 7) is 10.7. The summed E-state index contributed by atoms with van der Waals surface area (Å²) in [5.41, 5.74) is 3.77. The highest BCUT2D eigenvalue weighted by Gasteiger charge is 2.68. The van der Waals surface area contributed by atoms with E-state index in [4.69, 9.17) is 19.4 Å². The van der Waals surface area contributed by atoms with Crippen molar-refractivity contribution in [3.8, 4) is 0 Å². The molecular weight excluding hydrogens is 530 g/mol. The summed E-state index contributed by atoms with van der Waals surface area (Å²) < 4.78 is 19.4. The second-order valence-electron chi connectivity index (χ2n) is 15.6. The molecule has 6 aliphatic rings. The quantitative estimate of drug-likeness (QED) is 0.104. The number of esters is 1. The number of rotatable bonds is 8. The largest absolute Gasteiger partial charge is 0.462 e. The fourth-order valence-corrected chi connectivity index (χ4v) is 11.0. The zero-order valence-electron chi connectivity index (χ0n) is 26.5. The average Bonchev–Trinajstić information content (AvgIpc) is 3.42. The van der Waals surface area contributed by atoms with E-state index in [1.807, 2.05) is 0 Å². The van der Waals surface area contributed by atoms with E-state index in [9.17, 15) is 9.59 Å². The Morgan fingerprint density at radius 1 is 1.02 bits per heavy atom. The van der Waals surface area contributed by atoms with Gasteiger partial charge in [-0.2, -0.15) is 0 Å². The zero-order chi connectivity index (χ0) is 29.7. The topological polar surface area (TPSA) is 94.1 Å². The molecule has 2 N–H and O–H groups in total. The summed E-state index contributed by atoms with van der Waals surface area (Å²) in [6, 6.07) is 0. The van der Waals surface area contributed by atoms with Gasteiger partial charge in [-0.3, -0.25) is 14.8 Å². The first-order chi connectivity index (χ1) is 20.1. The SMILES string of the molecule is C[C@@H]1CC[C@@]2(OC1)O[C@H]1C[C@H]3[C@@H]4CC=C5C[C@@H](OC(=O)CCCCCCC(=O)NO)CC[C@]5(C)[C@H]4CC[C@]3(C)[C@H]1[C@@H]2C. The van der Waals surface area contributed by atoms with Crippen molar-refractivity contribution in [2.24, 2.45) is 46.3 Å². The minimum Gasteiger partial charge on any atom is -0.462 e. The molecule has 3 saturated carbocycles. The third-order valence-corrected chi connectivity index (χ3v) is 13.3. The predicted octanol–water partition coefficient (Wildman–Crippen LogP) is 7.11. The standard InChI is InChI=1S/C35H55NO6/c1-22-13-18-35(40-21-22)23(2)32-29(42-35)20-28-26-12-11-24-19-25(14-16-33(24,3)27(26)15-17-34(28,32)4)41-31(38)10-8-6-5-7-9-30(37)36-39/h11,22-23,25-29,32,39H,5-10,12-21H2,1-4H3,(H,36,37)/t22-,23+,25+,26-,27+,28+,29+,32+,33+,34+,35-/m1/s1. The molecule has 1 spiro atoms. The highest BCUT2D eigenvalue weighted by molar-refractivity contribution is 5.74. The molecule has 236 valence electrons. The van der Waals surface area contributed by atoms with Gasteiger partial charge in [0.1, 0.15) is 6.10 Å². The number of hydrogen-bond donors (Lipinski definition) is 2. The second kappa shape index (κ2) is 11.8. The number of hydroxylamine groups is 1. The van der Waals surface area contributed by atoms with Crippen molar-refractivity contribution < 1.29 is 29.0 Å². The fourth-order valence-electron chi connectivity index (χ4n) is 11.0. The summed E-state index contributed by atoms with van der Waals surface area (Å²) in [7, 11) is 0. The van der Waals surface area contributed by atoms with Crippen LogP contribution in [-0.4, -0.2) is 41.7 Å². The second-order valence-corrected chi connectivity index (χ2v) is 15.6. The lowest BCUT2D eigenvalue weighted by molar-refractivity contribution is -0.272. The van der Waals surface area contributed by atoms with Crippen molar-refractivity contribution in [3.05, 3.63) is 11.6 Å². The van der Waals surface area contributed by atoms with Gasteiger partial charge in [-0.05, 0) is 98.2 Å². The van der Waals surface area contributed by atoms with Crippen LogP contribution in [0.5, 0.6) is 0 Å². The molecule has 1 amide bonds. The number of amides is 1. The third-order valence-electron chi connectivity index (χ3n) is 13.3. The normalized spacial score (nSPS) is 45.8. The molecule has 2 heterocycles. The van der Waals surface area contributed by atoms with E-state index in [-0.39, 0.29) is 29.2 Å². The van der Waals surface area contributed by atoms with Crippen LogP contribution in [0.3, 0.4) is 0 Å². The van der Waals surface area contributed by atoms with Gasteiger partial charge in [0.25, 0.3) is 0 Å². The van der Waals surface area contributed by atoms with E-state index in [1.165, 1.54) is 25.7 Å². The lowest BCUT2D eigenvalue weighted by Gasteiger charge is -2.58. The Hall–Kier alpha value is -1.44. The Morgan fingerprint density at radius 2 is 1.81 bits per heavy atom. The van der Waals surface area contributed by atoms with Gasteiger partial charge in [0, 0.05) is 31.6 Å². The fraction of sp³-hybridized carbons (Fsp3) is 0.886. The van der Waals surface area contributed by atoms with Crippen LogP contribution in [-0.2, 0) is 23.8 Å². The van der Waals surface area contributed by atoms with E-state index < -0.39 is 0 Å². The monoisotopic (exact) mass is 585 g/mol. The van der Waals surface area contributed by atoms with Crippen LogP contribution in [0.1, 0.15) is 124 Å². The first-order valence-electron chi connectivity index (χ1n) is 17.2. The molecule has 42 heavy (non-hydrogen) atoms. The maximum atomic E-state index is 12.6. The van der Waals surface area contributed by atoms with Crippen LogP contribution in [0.15, 0.2) is 11.6 Å². The third kappa shape index (κ3) is 5.27. The molecule has 2 saturated heterocycles. The van der Waals surface area contributed by atoms with Crippen molar-refractivity contribution in [2.45, 2.75) is 142 Å². The molecule has 0 aromatic rings. The molecule has 0 aromatic heterocycles. The van der Waals surface area contributed by atoms with Gasteiger partial charge in [0.2, 0.25) is 5.91 Å². The number of ether oxygens (including phenoxy) is 3. The van der Waals surface area contributed by atoms with Crippen LogP contribution in [0, 0.1) is 46.3 Å². The summed E-state index contributed by atoms with van der Waals surface area (Å²) in [4.78, 5) is 23.7. The van der Waals surface area contributed by atoms with Crippen LogP contribution in [0.25, 0.3) is 0 Å². The van der Waals surface area contributed by atoms with Gasteiger partial charge >= 0.3 is 5.97 Å². The Bertz CT molecular complexity index is 1050. The number of hydrogen-bond acceptors (Lipinski definition) is 6. The number of carbonyl (C=O) groups excluding carboxylic acids is 2. The van der Waals surface area contributed by atoms with E-state index in [2.05, 4.69) is 33.8 Å². The predicted molar refractivity (Wildman–Crippen MR) is 159 cm³/mol. The van der Waals surface area contributed by atoms with Gasteiger partial charge in [-0.25, -0.2) is 5.48 Å². The maximum absolute atomic E-state index is 12.6. The van der Waals surface area contributed by atoms with Crippen LogP contribution in [0.2, 0.25) is 0 Å². The molecule has 0 aromatic carbocycles. The zero-order valence-corrected chi connectivity index (χ0v) is 26.5. The van der Waals surface area contributed by atoms with E-state index in [0.717, 1.165) is 82.1 Å². The molecule has 4 aliphatic carbocycles. The van der Waals surface area contributed by atoms with E-state index in [0.29, 0.717) is 42.1 Å². The first-order valence-corrected chi connectivity index (χ1v) is 17.2. The van der Waals surface area contributed by atoms with E-state index >= 15 is 0 Å². The van der Waals surface area contributed by atoms with Crippen molar-refractivity contribution in [2.75, 3.05) is 6.61 Å². The molecule has 11 atom stereocenters. The molecule has 6 rings (SSSR count). The Kier molecular flexibility index (Phi) is 8.60. The van der Waals surface area contributed by atoms with Gasteiger partial charge in [0.15, 0.2) is 5.79 Å².